The molecule has 0 saturated carbocycles. The molecular weight excluding hydrogens is 262 g/mol. The van der Waals surface area contributed by atoms with Crippen molar-refractivity contribution >= 4 is 12.0 Å². The lowest BCUT2D eigenvalue weighted by Gasteiger charge is -2.31. The topological polar surface area (TPSA) is 49.7 Å². The molecule has 0 spiro atoms. The van der Waals surface area contributed by atoms with Gasteiger partial charge in [-0.15, -0.1) is 0 Å². The molecule has 0 aromatic carbocycles. The first-order chi connectivity index (χ1) is 9.02. The van der Waals surface area contributed by atoms with E-state index in [1.807, 2.05) is 0 Å². The average molecular weight is 294 g/mol. The second kappa shape index (κ2) is 12.0. The number of hydrogen-bond acceptors (Lipinski definition) is 4. The fourth-order valence-corrected chi connectivity index (χ4v) is 2.37. The summed E-state index contributed by atoms with van der Waals surface area (Å²) in [6.07, 6.45) is 5.49. The number of nitrogens with zero attached hydrogens (tertiary/aromatic N) is 1. The van der Waals surface area contributed by atoms with Crippen molar-refractivity contribution in [3.63, 3.8) is 0 Å². The summed E-state index contributed by atoms with van der Waals surface area (Å²) in [5.74, 6) is 0.690. The minimum absolute atomic E-state index is 0.396. The van der Waals surface area contributed by atoms with Gasteiger partial charge in [0.05, 0.1) is 27.2 Å². The third kappa shape index (κ3) is 12.9. The Hall–Kier alpha value is 0.190. The molecule has 0 saturated heterocycles. The van der Waals surface area contributed by atoms with E-state index in [2.05, 4.69) is 21.0 Å². The molecule has 0 heterocycles. The second-order valence-corrected chi connectivity index (χ2v) is 6.48. The van der Waals surface area contributed by atoms with Crippen molar-refractivity contribution in [3.05, 3.63) is 0 Å². The molecular formula is C14H32NO3S+. The van der Waals surface area contributed by atoms with Crippen LogP contribution in [0.1, 0.15) is 39.0 Å². The van der Waals surface area contributed by atoms with Crippen molar-refractivity contribution in [3.8, 4) is 0 Å². The Kier molecular flexibility index (Phi) is 12.1. The number of aliphatic hydroxyl groups is 1. The van der Waals surface area contributed by atoms with Gasteiger partial charge in [0.25, 0.3) is 0 Å². The molecule has 2 N–H and O–H groups in total. The number of unbranched alkanes of at least 4 members (excludes halogenated alkanes) is 3. The maximum atomic E-state index is 9.95. The number of quaternary nitrogens is 1. The van der Waals surface area contributed by atoms with Crippen molar-refractivity contribution in [2.24, 2.45) is 0 Å². The summed E-state index contributed by atoms with van der Waals surface area (Å²) in [6.45, 7) is 5.07. The summed E-state index contributed by atoms with van der Waals surface area (Å²) in [7, 11) is 4.33. The van der Waals surface area contributed by atoms with E-state index in [4.69, 9.17) is 9.29 Å². The van der Waals surface area contributed by atoms with E-state index in [9.17, 15) is 5.11 Å². The highest BCUT2D eigenvalue weighted by Crippen LogP contribution is 2.07. The van der Waals surface area contributed by atoms with E-state index in [0.29, 0.717) is 19.0 Å². The number of hydrogen-bond donors (Lipinski definition) is 2. The summed E-state index contributed by atoms with van der Waals surface area (Å²) in [5, 5.41) is 9.95. The molecule has 0 aromatic rings. The maximum absolute atomic E-state index is 9.95. The van der Waals surface area contributed by atoms with E-state index in [-0.39, 0.29) is 0 Å². The SMILES string of the molecule is CCCCCC[N+](C)(C)CC(O)COCCCSO. The lowest BCUT2D eigenvalue weighted by atomic mass is 10.2. The molecule has 4 nitrogen and oxygen atoms in total. The summed E-state index contributed by atoms with van der Waals surface area (Å²) >= 11 is 0.838. The number of aliphatic hydroxyl groups excluding tert-OH is 1. The summed E-state index contributed by atoms with van der Waals surface area (Å²) in [6, 6.07) is 0. The van der Waals surface area contributed by atoms with Gasteiger partial charge in [-0.3, -0.25) is 0 Å². The number of rotatable bonds is 13. The van der Waals surface area contributed by atoms with Gasteiger partial charge in [-0.05, 0) is 31.3 Å². The zero-order chi connectivity index (χ0) is 14.6. The molecule has 116 valence electrons. The van der Waals surface area contributed by atoms with Gasteiger partial charge in [-0.1, -0.05) is 19.8 Å². The van der Waals surface area contributed by atoms with Crippen LogP contribution in [0.4, 0.5) is 0 Å². The van der Waals surface area contributed by atoms with Crippen molar-refractivity contribution in [1.82, 2.24) is 0 Å². The van der Waals surface area contributed by atoms with E-state index in [1.54, 1.807) is 0 Å². The van der Waals surface area contributed by atoms with Gasteiger partial charge < -0.3 is 18.9 Å². The van der Waals surface area contributed by atoms with Crippen LogP contribution in [0.5, 0.6) is 0 Å². The smallest absolute Gasteiger partial charge is 0.126 e. The van der Waals surface area contributed by atoms with Crippen LogP contribution in [0.3, 0.4) is 0 Å². The van der Waals surface area contributed by atoms with Crippen molar-refractivity contribution < 1.29 is 18.9 Å². The second-order valence-electron chi connectivity index (χ2n) is 5.82. The minimum Gasteiger partial charge on any atom is -0.385 e. The molecule has 0 aliphatic heterocycles. The van der Waals surface area contributed by atoms with E-state index >= 15 is 0 Å². The van der Waals surface area contributed by atoms with Gasteiger partial charge in [0.15, 0.2) is 0 Å². The molecule has 1 atom stereocenters. The van der Waals surface area contributed by atoms with Crippen LogP contribution in [0.2, 0.25) is 0 Å². The largest absolute Gasteiger partial charge is 0.385 e. The minimum atomic E-state index is -0.400. The summed E-state index contributed by atoms with van der Waals surface area (Å²) < 4.78 is 14.8. The lowest BCUT2D eigenvalue weighted by molar-refractivity contribution is -0.893. The van der Waals surface area contributed by atoms with Crippen LogP contribution >= 0.6 is 12.0 Å². The number of likely N-dealkylation sites (N-methyl/N-ethyl adjacent to an activating group) is 1. The highest BCUT2D eigenvalue weighted by atomic mass is 32.2. The highest BCUT2D eigenvalue weighted by Gasteiger charge is 2.20. The Balaban J connectivity index is 3.61. The first-order valence-corrected chi connectivity index (χ1v) is 8.30. The average Bonchev–Trinajstić information content (AvgIpc) is 2.34. The van der Waals surface area contributed by atoms with Gasteiger partial charge in [0.2, 0.25) is 0 Å². The van der Waals surface area contributed by atoms with E-state index in [0.717, 1.165) is 36.0 Å². The Morgan fingerprint density at radius 1 is 1.16 bits per heavy atom. The van der Waals surface area contributed by atoms with Crippen LogP contribution in [-0.4, -0.2) is 66.4 Å². The Morgan fingerprint density at radius 3 is 2.53 bits per heavy atom. The summed E-state index contributed by atoms with van der Waals surface area (Å²) in [4.78, 5) is 0. The van der Waals surface area contributed by atoms with Crippen molar-refractivity contribution in [2.45, 2.75) is 45.1 Å². The Morgan fingerprint density at radius 2 is 1.89 bits per heavy atom. The number of ether oxygens (including phenoxy) is 1. The molecule has 0 fully saturated rings. The van der Waals surface area contributed by atoms with E-state index < -0.39 is 6.10 Å². The maximum Gasteiger partial charge on any atom is 0.126 e. The van der Waals surface area contributed by atoms with Crippen molar-refractivity contribution in [2.75, 3.05) is 46.2 Å². The normalized spacial score (nSPS) is 13.7. The molecule has 0 aromatic heterocycles. The molecule has 0 amide bonds. The summed E-state index contributed by atoms with van der Waals surface area (Å²) in [5.41, 5.74) is 0. The van der Waals surface area contributed by atoms with Crippen LogP contribution in [0.25, 0.3) is 0 Å². The zero-order valence-electron chi connectivity index (χ0n) is 12.8. The van der Waals surface area contributed by atoms with Crippen LogP contribution < -0.4 is 0 Å². The zero-order valence-corrected chi connectivity index (χ0v) is 13.6. The van der Waals surface area contributed by atoms with Gasteiger partial charge in [0, 0.05) is 12.4 Å². The molecule has 0 radical (unpaired) electrons. The van der Waals surface area contributed by atoms with Crippen molar-refractivity contribution in [1.29, 1.82) is 0 Å². The fourth-order valence-electron chi connectivity index (χ4n) is 2.13. The van der Waals surface area contributed by atoms with Crippen LogP contribution in [-0.2, 0) is 4.74 Å². The van der Waals surface area contributed by atoms with Gasteiger partial charge in [-0.2, -0.15) is 0 Å². The molecule has 1 unspecified atom stereocenters. The van der Waals surface area contributed by atoms with Crippen LogP contribution in [0.15, 0.2) is 0 Å². The molecule has 0 aliphatic carbocycles. The predicted octanol–water partition coefficient (Wildman–Crippen LogP) is 2.62. The van der Waals surface area contributed by atoms with E-state index in [1.165, 1.54) is 25.7 Å². The quantitative estimate of drug-likeness (QED) is 0.311. The standard InChI is InChI=1S/C14H31NO3S/c1-4-5-6-7-9-15(2,3)12-14(16)13-18-10-8-11-19-17/h14,16H,4-13H2,1-3H3/p+1. The van der Waals surface area contributed by atoms with Gasteiger partial charge in [0.1, 0.15) is 12.6 Å². The molecule has 19 heavy (non-hydrogen) atoms. The lowest BCUT2D eigenvalue weighted by Crippen LogP contribution is -2.47. The molecule has 0 bridgehead atoms. The Labute approximate surface area is 122 Å². The Bertz CT molecular complexity index is 203. The third-order valence-corrected chi connectivity index (χ3v) is 3.63. The van der Waals surface area contributed by atoms with Crippen LogP contribution in [0, 0.1) is 0 Å². The molecule has 0 aliphatic rings. The van der Waals surface area contributed by atoms with Gasteiger partial charge in [-0.25, -0.2) is 0 Å². The first-order valence-electron chi connectivity index (χ1n) is 7.36. The molecule has 5 heteroatoms. The van der Waals surface area contributed by atoms with Gasteiger partial charge >= 0.3 is 0 Å². The molecule has 0 rings (SSSR count). The highest BCUT2D eigenvalue weighted by molar-refractivity contribution is 7.93. The predicted molar refractivity (Wildman–Crippen MR) is 82.5 cm³/mol. The third-order valence-electron chi connectivity index (χ3n) is 3.16. The fraction of sp³-hybridized carbons (Fsp3) is 1.00. The first kappa shape index (κ1) is 19.2. The monoisotopic (exact) mass is 294 g/mol.